The fraction of sp³-hybridized carbons (Fsp3) is 0.400. The molecule has 1 aliphatic rings. The van der Waals surface area contributed by atoms with Crippen molar-refractivity contribution in [3.8, 4) is 0 Å². The van der Waals surface area contributed by atoms with Crippen LogP contribution in [0.1, 0.15) is 6.42 Å². The van der Waals surface area contributed by atoms with Crippen molar-refractivity contribution in [1.82, 2.24) is 15.3 Å². The second-order valence-electron chi connectivity index (χ2n) is 3.39. The summed E-state index contributed by atoms with van der Waals surface area (Å²) in [5, 5.41) is 6.29. The lowest BCUT2D eigenvalue weighted by atomic mass is 10.1. The lowest BCUT2D eigenvalue weighted by Crippen LogP contribution is -2.23. The minimum atomic E-state index is -0.415. The lowest BCUT2D eigenvalue weighted by molar-refractivity contribution is 0.614. The Balaban J connectivity index is 1.87. The third kappa shape index (κ3) is 2.99. The molecule has 0 amide bonds. The zero-order valence-electron chi connectivity index (χ0n) is 8.33. The SMILES string of the molecule is Fc1cnc(NCC2=CCNCC2)nc1. The van der Waals surface area contributed by atoms with Gasteiger partial charge in [-0.15, -0.1) is 0 Å². The van der Waals surface area contributed by atoms with E-state index in [0.717, 1.165) is 38.4 Å². The van der Waals surface area contributed by atoms with Crippen LogP contribution in [0.25, 0.3) is 0 Å². The maximum atomic E-state index is 12.5. The van der Waals surface area contributed by atoms with E-state index in [4.69, 9.17) is 0 Å². The van der Waals surface area contributed by atoms with E-state index < -0.39 is 5.82 Å². The topological polar surface area (TPSA) is 49.8 Å². The number of nitrogens with one attached hydrogen (secondary N) is 2. The second-order valence-corrected chi connectivity index (χ2v) is 3.39. The highest BCUT2D eigenvalue weighted by molar-refractivity contribution is 5.27. The average Bonchev–Trinajstić information content (AvgIpc) is 2.30. The quantitative estimate of drug-likeness (QED) is 0.726. The van der Waals surface area contributed by atoms with Crippen molar-refractivity contribution in [1.29, 1.82) is 0 Å². The molecule has 0 saturated heterocycles. The molecule has 0 unspecified atom stereocenters. The fourth-order valence-corrected chi connectivity index (χ4v) is 1.43. The van der Waals surface area contributed by atoms with Crippen LogP contribution >= 0.6 is 0 Å². The maximum absolute atomic E-state index is 12.5. The molecule has 0 aromatic carbocycles. The van der Waals surface area contributed by atoms with Crippen molar-refractivity contribution in [3.05, 3.63) is 29.9 Å². The van der Waals surface area contributed by atoms with Gasteiger partial charge in [0.15, 0.2) is 5.82 Å². The Morgan fingerprint density at radius 1 is 1.40 bits per heavy atom. The van der Waals surface area contributed by atoms with Crippen LogP contribution in [0.2, 0.25) is 0 Å². The molecule has 0 spiro atoms. The number of halogens is 1. The summed E-state index contributed by atoms with van der Waals surface area (Å²) in [6.07, 6.45) is 5.51. The van der Waals surface area contributed by atoms with Crippen molar-refractivity contribution in [2.45, 2.75) is 6.42 Å². The second kappa shape index (κ2) is 4.84. The molecule has 1 aromatic heterocycles. The Morgan fingerprint density at radius 3 is 2.87 bits per heavy atom. The summed E-state index contributed by atoms with van der Waals surface area (Å²) in [5.74, 6) is 0.0532. The third-order valence-corrected chi connectivity index (χ3v) is 2.25. The van der Waals surface area contributed by atoms with Crippen LogP contribution in [0.5, 0.6) is 0 Å². The van der Waals surface area contributed by atoms with E-state index in [1.165, 1.54) is 5.57 Å². The number of rotatable bonds is 3. The van der Waals surface area contributed by atoms with Gasteiger partial charge in [-0.25, -0.2) is 14.4 Å². The number of aromatic nitrogens is 2. The van der Waals surface area contributed by atoms with Crippen LogP contribution in [0.15, 0.2) is 24.0 Å². The number of hydrogen-bond acceptors (Lipinski definition) is 4. The Kier molecular flexibility index (Phi) is 3.24. The van der Waals surface area contributed by atoms with Crippen LogP contribution in [-0.2, 0) is 0 Å². The van der Waals surface area contributed by atoms with Crippen LogP contribution in [0, 0.1) is 5.82 Å². The van der Waals surface area contributed by atoms with Gasteiger partial charge >= 0.3 is 0 Å². The molecule has 0 aliphatic carbocycles. The highest BCUT2D eigenvalue weighted by Gasteiger charge is 2.03. The standard InChI is InChI=1S/C10H13FN4/c11-9-6-14-10(15-7-9)13-5-8-1-3-12-4-2-8/h1,6-7,12H,2-5H2,(H,13,14,15). The number of hydrogen-bond donors (Lipinski definition) is 2. The summed E-state index contributed by atoms with van der Waals surface area (Å²) in [5.41, 5.74) is 1.33. The van der Waals surface area contributed by atoms with E-state index in [1.54, 1.807) is 0 Å². The molecular weight excluding hydrogens is 195 g/mol. The molecule has 5 heteroatoms. The molecule has 1 aliphatic heterocycles. The molecule has 2 rings (SSSR count). The molecule has 15 heavy (non-hydrogen) atoms. The predicted octanol–water partition coefficient (Wildman–Crippen LogP) is 0.947. The van der Waals surface area contributed by atoms with Crippen molar-refractivity contribution in [3.63, 3.8) is 0 Å². The molecule has 0 saturated carbocycles. The van der Waals surface area contributed by atoms with Crippen LogP contribution in [0.3, 0.4) is 0 Å². The van der Waals surface area contributed by atoms with Crippen LogP contribution in [-0.4, -0.2) is 29.6 Å². The molecule has 0 bridgehead atoms. The minimum Gasteiger partial charge on any atom is -0.350 e. The summed E-state index contributed by atoms with van der Waals surface area (Å²) in [6.45, 7) is 2.66. The largest absolute Gasteiger partial charge is 0.350 e. The van der Waals surface area contributed by atoms with E-state index in [0.29, 0.717) is 5.95 Å². The molecule has 2 N–H and O–H groups in total. The Morgan fingerprint density at radius 2 is 2.20 bits per heavy atom. The Labute approximate surface area is 87.6 Å². The summed E-state index contributed by atoms with van der Waals surface area (Å²) in [6, 6.07) is 0. The van der Waals surface area contributed by atoms with Gasteiger partial charge in [0, 0.05) is 13.1 Å². The fourth-order valence-electron chi connectivity index (χ4n) is 1.43. The molecule has 1 aromatic rings. The van der Waals surface area contributed by atoms with Gasteiger partial charge in [-0.2, -0.15) is 0 Å². The van der Waals surface area contributed by atoms with Gasteiger partial charge in [0.1, 0.15) is 0 Å². The third-order valence-electron chi connectivity index (χ3n) is 2.25. The van der Waals surface area contributed by atoms with Gasteiger partial charge < -0.3 is 10.6 Å². The number of anilines is 1. The Bertz CT molecular complexity index is 347. The van der Waals surface area contributed by atoms with Gasteiger partial charge in [-0.1, -0.05) is 11.6 Å². The van der Waals surface area contributed by atoms with E-state index in [9.17, 15) is 4.39 Å². The van der Waals surface area contributed by atoms with Gasteiger partial charge in [0.25, 0.3) is 0 Å². The van der Waals surface area contributed by atoms with E-state index in [-0.39, 0.29) is 0 Å². The smallest absolute Gasteiger partial charge is 0.223 e. The predicted molar refractivity (Wildman–Crippen MR) is 56.0 cm³/mol. The number of nitrogens with zero attached hydrogens (tertiary/aromatic N) is 2. The maximum Gasteiger partial charge on any atom is 0.223 e. The van der Waals surface area contributed by atoms with Gasteiger partial charge in [0.2, 0.25) is 5.95 Å². The first-order chi connectivity index (χ1) is 7.34. The minimum absolute atomic E-state index is 0.415. The van der Waals surface area contributed by atoms with Gasteiger partial charge in [0.05, 0.1) is 12.4 Å². The van der Waals surface area contributed by atoms with Gasteiger partial charge in [-0.05, 0) is 13.0 Å². The summed E-state index contributed by atoms with van der Waals surface area (Å²) in [4.78, 5) is 7.65. The Hall–Kier alpha value is -1.49. The zero-order valence-corrected chi connectivity index (χ0v) is 8.33. The highest BCUT2D eigenvalue weighted by atomic mass is 19.1. The van der Waals surface area contributed by atoms with Crippen molar-refractivity contribution in [2.24, 2.45) is 0 Å². The highest BCUT2D eigenvalue weighted by Crippen LogP contribution is 2.05. The first-order valence-corrected chi connectivity index (χ1v) is 4.94. The van der Waals surface area contributed by atoms with Crippen molar-refractivity contribution < 1.29 is 4.39 Å². The first-order valence-electron chi connectivity index (χ1n) is 4.94. The lowest BCUT2D eigenvalue weighted by Gasteiger charge is -2.14. The van der Waals surface area contributed by atoms with Crippen molar-refractivity contribution in [2.75, 3.05) is 25.0 Å². The first kappa shape index (κ1) is 10.0. The van der Waals surface area contributed by atoms with Gasteiger partial charge in [-0.3, -0.25) is 0 Å². The molecule has 0 fully saturated rings. The van der Waals surface area contributed by atoms with Crippen LogP contribution < -0.4 is 10.6 Å². The molecule has 4 nitrogen and oxygen atoms in total. The molecular formula is C10H13FN4. The molecule has 2 heterocycles. The summed E-state index contributed by atoms with van der Waals surface area (Å²) < 4.78 is 12.5. The monoisotopic (exact) mass is 208 g/mol. The molecule has 0 atom stereocenters. The molecule has 80 valence electrons. The zero-order chi connectivity index (χ0) is 10.5. The van der Waals surface area contributed by atoms with Crippen molar-refractivity contribution >= 4 is 5.95 Å². The van der Waals surface area contributed by atoms with E-state index in [2.05, 4.69) is 26.7 Å². The molecule has 0 radical (unpaired) electrons. The van der Waals surface area contributed by atoms with Crippen LogP contribution in [0.4, 0.5) is 10.3 Å². The summed E-state index contributed by atoms with van der Waals surface area (Å²) in [7, 11) is 0. The summed E-state index contributed by atoms with van der Waals surface area (Å²) >= 11 is 0. The van der Waals surface area contributed by atoms with E-state index in [1.807, 2.05) is 0 Å². The normalized spacial score (nSPS) is 15.9. The van der Waals surface area contributed by atoms with E-state index >= 15 is 0 Å². The average molecular weight is 208 g/mol.